The second-order valence-electron chi connectivity index (χ2n) is 5.74. The zero-order chi connectivity index (χ0) is 16.8. The third-order valence-corrected chi connectivity index (χ3v) is 6.20. The van der Waals surface area contributed by atoms with Gasteiger partial charge < -0.3 is 10.2 Å². The highest BCUT2D eigenvalue weighted by molar-refractivity contribution is 7.90. The molecule has 23 heavy (non-hydrogen) atoms. The van der Waals surface area contributed by atoms with Crippen LogP contribution in [0.3, 0.4) is 0 Å². The quantitative estimate of drug-likeness (QED) is 0.838. The number of sulfonamides is 1. The molecular formula is C15H19N3O4S. The highest BCUT2D eigenvalue weighted by Crippen LogP contribution is 2.31. The molecule has 1 N–H and O–H groups in total. The molecule has 2 amide bonds. The van der Waals surface area contributed by atoms with Gasteiger partial charge in [0, 0.05) is 37.8 Å². The highest BCUT2D eigenvalue weighted by atomic mass is 32.2. The van der Waals surface area contributed by atoms with Crippen LogP contribution < -0.4 is 5.32 Å². The molecule has 0 aromatic heterocycles. The lowest BCUT2D eigenvalue weighted by molar-refractivity contribution is 0.0655. The van der Waals surface area contributed by atoms with Crippen LogP contribution in [0.2, 0.25) is 0 Å². The van der Waals surface area contributed by atoms with Gasteiger partial charge in [-0.25, -0.2) is 12.7 Å². The first-order valence-electron chi connectivity index (χ1n) is 7.60. The van der Waals surface area contributed by atoms with Gasteiger partial charge in [-0.15, -0.1) is 0 Å². The fraction of sp³-hybridized carbons (Fsp3) is 0.467. The summed E-state index contributed by atoms with van der Waals surface area (Å²) in [6.07, 6.45) is 0. The van der Waals surface area contributed by atoms with Crippen LogP contribution in [-0.4, -0.2) is 61.7 Å². The number of nitrogens with one attached hydrogen (secondary N) is 1. The topological polar surface area (TPSA) is 86.8 Å². The third kappa shape index (κ3) is 2.42. The van der Waals surface area contributed by atoms with E-state index in [-0.39, 0.29) is 29.0 Å². The van der Waals surface area contributed by atoms with Crippen LogP contribution in [0.4, 0.5) is 0 Å². The number of hydrogen-bond donors (Lipinski definition) is 1. The Labute approximate surface area is 135 Å². The van der Waals surface area contributed by atoms with E-state index in [0.717, 1.165) is 4.31 Å². The second-order valence-corrected chi connectivity index (χ2v) is 7.57. The van der Waals surface area contributed by atoms with E-state index in [0.29, 0.717) is 25.2 Å². The molecule has 1 fully saturated rings. The van der Waals surface area contributed by atoms with Gasteiger partial charge in [0.25, 0.3) is 21.8 Å². The largest absolute Gasteiger partial charge is 0.333 e. The van der Waals surface area contributed by atoms with Gasteiger partial charge >= 0.3 is 0 Å². The molecule has 0 unspecified atom stereocenters. The average molecular weight is 337 g/mol. The van der Waals surface area contributed by atoms with Gasteiger partial charge in [0.05, 0.1) is 5.56 Å². The third-order valence-electron chi connectivity index (χ3n) is 4.30. The number of nitrogens with zero attached hydrogens (tertiary/aromatic N) is 2. The SMILES string of the molecule is CCN1C(=O)c2ccc(C(=O)N3CCNC[C@@H]3C)cc2S1(=O)=O. The number of amides is 2. The fourth-order valence-electron chi connectivity index (χ4n) is 3.03. The molecule has 0 saturated carbocycles. The Bertz CT molecular complexity index is 775. The minimum absolute atomic E-state index is 0.0369. The Morgan fingerprint density at radius 1 is 1.39 bits per heavy atom. The van der Waals surface area contributed by atoms with Gasteiger partial charge in [-0.2, -0.15) is 0 Å². The zero-order valence-electron chi connectivity index (χ0n) is 13.1. The summed E-state index contributed by atoms with van der Waals surface area (Å²) < 4.78 is 25.7. The number of piperazine rings is 1. The maximum atomic E-state index is 12.7. The lowest BCUT2D eigenvalue weighted by Gasteiger charge is -2.34. The minimum atomic E-state index is -3.85. The van der Waals surface area contributed by atoms with E-state index < -0.39 is 15.9 Å². The van der Waals surface area contributed by atoms with Crippen molar-refractivity contribution in [3.05, 3.63) is 29.3 Å². The first-order valence-corrected chi connectivity index (χ1v) is 9.04. The molecule has 1 aromatic rings. The Hall–Kier alpha value is -1.93. The first kappa shape index (κ1) is 15.9. The Morgan fingerprint density at radius 2 is 2.13 bits per heavy atom. The first-order chi connectivity index (χ1) is 10.9. The lowest BCUT2D eigenvalue weighted by atomic mass is 10.1. The molecule has 2 aliphatic rings. The van der Waals surface area contributed by atoms with E-state index in [4.69, 9.17) is 0 Å². The summed E-state index contributed by atoms with van der Waals surface area (Å²) >= 11 is 0. The summed E-state index contributed by atoms with van der Waals surface area (Å²) in [7, 11) is -3.85. The Balaban J connectivity index is 2.00. The van der Waals surface area contributed by atoms with Gasteiger partial charge in [0.15, 0.2) is 0 Å². The average Bonchev–Trinajstić information content (AvgIpc) is 2.73. The number of carbonyl (C=O) groups excluding carboxylic acids is 2. The Kier molecular flexibility index (Phi) is 3.89. The number of benzene rings is 1. The summed E-state index contributed by atoms with van der Waals surface area (Å²) in [4.78, 5) is 26.4. The van der Waals surface area contributed by atoms with Crippen molar-refractivity contribution >= 4 is 21.8 Å². The van der Waals surface area contributed by atoms with Crippen LogP contribution in [-0.2, 0) is 10.0 Å². The lowest BCUT2D eigenvalue weighted by Crippen LogP contribution is -2.52. The van der Waals surface area contributed by atoms with Gasteiger partial charge in [-0.3, -0.25) is 9.59 Å². The van der Waals surface area contributed by atoms with Crippen molar-refractivity contribution in [1.82, 2.24) is 14.5 Å². The van der Waals surface area contributed by atoms with Crippen molar-refractivity contribution in [3.63, 3.8) is 0 Å². The van der Waals surface area contributed by atoms with Crippen LogP contribution in [0, 0.1) is 0 Å². The van der Waals surface area contributed by atoms with Crippen LogP contribution in [0.15, 0.2) is 23.1 Å². The maximum absolute atomic E-state index is 12.7. The fourth-order valence-corrected chi connectivity index (χ4v) is 4.63. The summed E-state index contributed by atoms with van der Waals surface area (Å²) in [5, 5.41) is 3.20. The number of fused-ring (bicyclic) bond motifs is 1. The van der Waals surface area contributed by atoms with Gasteiger partial charge in [0.1, 0.15) is 4.90 Å². The molecule has 2 heterocycles. The summed E-state index contributed by atoms with van der Waals surface area (Å²) in [5.74, 6) is -0.739. The molecule has 2 aliphatic heterocycles. The molecule has 0 bridgehead atoms. The molecule has 3 rings (SSSR count). The van der Waals surface area contributed by atoms with Gasteiger partial charge in [-0.1, -0.05) is 0 Å². The number of hydrogen-bond acceptors (Lipinski definition) is 5. The summed E-state index contributed by atoms with van der Waals surface area (Å²) in [5.41, 5.74) is 0.434. The Morgan fingerprint density at radius 3 is 2.78 bits per heavy atom. The molecule has 1 atom stereocenters. The zero-order valence-corrected chi connectivity index (χ0v) is 13.9. The van der Waals surface area contributed by atoms with E-state index in [1.165, 1.54) is 18.2 Å². The van der Waals surface area contributed by atoms with Gasteiger partial charge in [0.2, 0.25) is 0 Å². The highest BCUT2D eigenvalue weighted by Gasteiger charge is 2.40. The molecule has 8 heteroatoms. The molecule has 1 saturated heterocycles. The van der Waals surface area contributed by atoms with E-state index in [1.807, 2.05) is 6.92 Å². The van der Waals surface area contributed by atoms with Crippen LogP contribution in [0.1, 0.15) is 34.6 Å². The molecule has 0 radical (unpaired) electrons. The maximum Gasteiger partial charge on any atom is 0.268 e. The molecule has 0 aliphatic carbocycles. The van der Waals surface area contributed by atoms with Crippen LogP contribution >= 0.6 is 0 Å². The molecule has 0 spiro atoms. The minimum Gasteiger partial charge on any atom is -0.333 e. The predicted molar refractivity (Wildman–Crippen MR) is 83.7 cm³/mol. The summed E-state index contributed by atoms with van der Waals surface area (Å²) in [6, 6.07) is 4.33. The van der Waals surface area contributed by atoms with Crippen LogP contribution in [0.5, 0.6) is 0 Å². The van der Waals surface area contributed by atoms with E-state index in [1.54, 1.807) is 11.8 Å². The normalized spacial score (nSPS) is 23.0. The van der Waals surface area contributed by atoms with Crippen molar-refractivity contribution in [3.8, 4) is 0 Å². The molecule has 124 valence electrons. The van der Waals surface area contributed by atoms with Gasteiger partial charge in [-0.05, 0) is 32.0 Å². The second kappa shape index (κ2) is 5.61. The number of rotatable bonds is 2. The van der Waals surface area contributed by atoms with Crippen molar-refractivity contribution in [1.29, 1.82) is 0 Å². The van der Waals surface area contributed by atoms with Crippen LogP contribution in [0.25, 0.3) is 0 Å². The van der Waals surface area contributed by atoms with Crippen molar-refractivity contribution in [2.24, 2.45) is 0 Å². The number of carbonyl (C=O) groups is 2. The van der Waals surface area contributed by atoms with Crippen molar-refractivity contribution in [2.75, 3.05) is 26.2 Å². The van der Waals surface area contributed by atoms with Crippen molar-refractivity contribution in [2.45, 2.75) is 24.8 Å². The molecule has 7 nitrogen and oxygen atoms in total. The predicted octanol–water partition coefficient (Wildman–Crippen LogP) is 0.285. The van der Waals surface area contributed by atoms with E-state index >= 15 is 0 Å². The summed E-state index contributed by atoms with van der Waals surface area (Å²) in [6.45, 7) is 5.61. The molecular weight excluding hydrogens is 318 g/mol. The van der Waals surface area contributed by atoms with E-state index in [9.17, 15) is 18.0 Å². The smallest absolute Gasteiger partial charge is 0.268 e. The molecule has 1 aromatic carbocycles. The van der Waals surface area contributed by atoms with Crippen molar-refractivity contribution < 1.29 is 18.0 Å². The standard InChI is InChI=1S/C15H19N3O4S/c1-3-18-15(20)12-5-4-11(8-13(12)23(18,21)22)14(19)17-7-6-16-9-10(17)2/h4-5,8,10,16H,3,6-7,9H2,1-2H3/t10-/m0/s1. The monoisotopic (exact) mass is 337 g/mol. The van der Waals surface area contributed by atoms with E-state index in [2.05, 4.69) is 5.32 Å².